The van der Waals surface area contributed by atoms with Crippen molar-refractivity contribution < 1.29 is 22.4 Å². The summed E-state index contributed by atoms with van der Waals surface area (Å²) < 4.78 is 52.8. The van der Waals surface area contributed by atoms with Crippen LogP contribution in [0, 0.1) is 5.82 Å². The van der Waals surface area contributed by atoms with Crippen molar-refractivity contribution in [1.82, 2.24) is 9.97 Å². The quantitative estimate of drug-likeness (QED) is 0.590. The van der Waals surface area contributed by atoms with Gasteiger partial charge in [0.2, 0.25) is 5.95 Å². The van der Waals surface area contributed by atoms with Gasteiger partial charge in [0.05, 0.1) is 5.56 Å². The molecule has 1 N–H and O–H groups in total. The molecule has 0 bridgehead atoms. The zero-order chi connectivity index (χ0) is 21.3. The summed E-state index contributed by atoms with van der Waals surface area (Å²) in [6, 6.07) is 3.34. The number of aromatic amines is 1. The van der Waals surface area contributed by atoms with Gasteiger partial charge in [0.25, 0.3) is 5.56 Å². The van der Waals surface area contributed by atoms with Crippen molar-refractivity contribution in [3.05, 3.63) is 57.3 Å². The number of nitrogens with zero attached hydrogens (tertiary/aromatic N) is 2. The van der Waals surface area contributed by atoms with Crippen LogP contribution in [-0.2, 0) is 11.6 Å². The third-order valence-electron chi connectivity index (χ3n) is 4.72. The molecule has 0 saturated carbocycles. The van der Waals surface area contributed by atoms with Crippen LogP contribution in [0.15, 0.2) is 29.1 Å². The van der Waals surface area contributed by atoms with Gasteiger partial charge in [0.15, 0.2) is 5.78 Å². The summed E-state index contributed by atoms with van der Waals surface area (Å²) in [6.45, 7) is 3.30. The van der Waals surface area contributed by atoms with Gasteiger partial charge in [-0.2, -0.15) is 13.2 Å². The molecule has 2 rings (SSSR count). The first-order valence-electron chi connectivity index (χ1n) is 8.56. The highest BCUT2D eigenvalue weighted by atomic mass is 19.4. The molecule has 28 heavy (non-hydrogen) atoms. The van der Waals surface area contributed by atoms with Crippen molar-refractivity contribution in [2.45, 2.75) is 38.3 Å². The number of carbonyl (C=O) groups is 1. The van der Waals surface area contributed by atoms with E-state index in [-0.39, 0.29) is 23.6 Å². The second-order valence-electron chi connectivity index (χ2n) is 7.06. The molecule has 0 fully saturated rings. The molecule has 0 saturated heterocycles. The minimum Gasteiger partial charge on any atom is -0.348 e. The highest BCUT2D eigenvalue weighted by Gasteiger charge is 2.35. The van der Waals surface area contributed by atoms with E-state index in [2.05, 4.69) is 9.97 Å². The van der Waals surface area contributed by atoms with E-state index in [0.717, 1.165) is 18.2 Å². The number of anilines is 1. The van der Waals surface area contributed by atoms with Crippen molar-refractivity contribution in [1.29, 1.82) is 0 Å². The highest BCUT2D eigenvalue weighted by Crippen LogP contribution is 2.37. The predicted molar refractivity (Wildman–Crippen MR) is 97.2 cm³/mol. The Morgan fingerprint density at radius 2 is 1.86 bits per heavy atom. The number of Topliss-reactive ketones (excluding diaryl/α,β-unsaturated/α-hetero) is 1. The van der Waals surface area contributed by atoms with Crippen molar-refractivity contribution >= 4 is 11.7 Å². The summed E-state index contributed by atoms with van der Waals surface area (Å²) in [5.41, 5.74) is -2.74. The Kier molecular flexibility index (Phi) is 5.96. The first-order valence-corrected chi connectivity index (χ1v) is 8.56. The van der Waals surface area contributed by atoms with E-state index in [4.69, 9.17) is 0 Å². The van der Waals surface area contributed by atoms with Crippen molar-refractivity contribution in [2.75, 3.05) is 19.0 Å². The molecule has 1 atom stereocenters. The summed E-state index contributed by atoms with van der Waals surface area (Å²) >= 11 is 0. The molecular weight excluding hydrogens is 378 g/mol. The number of alkyl halides is 3. The molecule has 1 aromatic carbocycles. The maximum absolute atomic E-state index is 14.5. The molecule has 0 aliphatic rings. The van der Waals surface area contributed by atoms with E-state index >= 15 is 0 Å². The van der Waals surface area contributed by atoms with Crippen LogP contribution in [-0.4, -0.2) is 29.8 Å². The number of rotatable bonds is 6. The minimum absolute atomic E-state index is 0.00836. The van der Waals surface area contributed by atoms with Gasteiger partial charge in [0.1, 0.15) is 11.5 Å². The average Bonchev–Trinajstić information content (AvgIpc) is 2.59. The van der Waals surface area contributed by atoms with Gasteiger partial charge in [0, 0.05) is 32.0 Å². The van der Waals surface area contributed by atoms with Gasteiger partial charge < -0.3 is 4.90 Å². The minimum atomic E-state index is -4.66. The zero-order valence-electron chi connectivity index (χ0n) is 15.9. The lowest BCUT2D eigenvalue weighted by Crippen LogP contribution is -2.28. The lowest BCUT2D eigenvalue weighted by molar-refractivity contribution is -0.137. The van der Waals surface area contributed by atoms with E-state index in [1.54, 1.807) is 27.9 Å². The summed E-state index contributed by atoms with van der Waals surface area (Å²) in [6.07, 6.45) is -4.57. The third-order valence-corrected chi connectivity index (χ3v) is 4.72. The SMILES string of the molecule is CCC(C)(CC(=O)c1cc(=O)[nH]c(N(C)C)n1)c1ccc(C(F)(F)F)cc1F. The monoisotopic (exact) mass is 399 g/mol. The largest absolute Gasteiger partial charge is 0.416 e. The summed E-state index contributed by atoms with van der Waals surface area (Å²) in [5.74, 6) is -1.34. The lowest BCUT2D eigenvalue weighted by Gasteiger charge is -2.29. The van der Waals surface area contributed by atoms with Crippen LogP contribution in [0.4, 0.5) is 23.5 Å². The molecule has 1 aromatic heterocycles. The number of aromatic nitrogens is 2. The van der Waals surface area contributed by atoms with Gasteiger partial charge >= 0.3 is 6.18 Å². The number of halogens is 4. The average molecular weight is 399 g/mol. The van der Waals surface area contributed by atoms with E-state index in [1.165, 1.54) is 4.90 Å². The van der Waals surface area contributed by atoms with E-state index < -0.39 is 34.3 Å². The van der Waals surface area contributed by atoms with Gasteiger partial charge in [-0.3, -0.25) is 14.6 Å². The Morgan fingerprint density at radius 1 is 1.21 bits per heavy atom. The first-order chi connectivity index (χ1) is 12.9. The van der Waals surface area contributed by atoms with Crippen LogP contribution in [0.3, 0.4) is 0 Å². The molecule has 152 valence electrons. The Balaban J connectivity index is 2.40. The fourth-order valence-corrected chi connectivity index (χ4v) is 2.84. The number of H-pyrrole nitrogens is 1. The number of nitrogens with one attached hydrogen (secondary N) is 1. The first kappa shape index (κ1) is 21.6. The smallest absolute Gasteiger partial charge is 0.348 e. The van der Waals surface area contributed by atoms with E-state index in [9.17, 15) is 27.2 Å². The normalized spacial score (nSPS) is 13.9. The molecule has 1 unspecified atom stereocenters. The molecule has 0 radical (unpaired) electrons. The molecule has 2 aromatic rings. The van der Waals surface area contributed by atoms with Crippen molar-refractivity contribution in [3.8, 4) is 0 Å². The van der Waals surface area contributed by atoms with Crippen LogP contribution < -0.4 is 10.5 Å². The van der Waals surface area contributed by atoms with Crippen LogP contribution in [0.5, 0.6) is 0 Å². The summed E-state index contributed by atoms with van der Waals surface area (Å²) in [5, 5.41) is 0. The number of benzene rings is 1. The van der Waals surface area contributed by atoms with Gasteiger partial charge in [-0.05, 0) is 24.1 Å². The van der Waals surface area contributed by atoms with Crippen LogP contribution >= 0.6 is 0 Å². The zero-order valence-corrected chi connectivity index (χ0v) is 15.9. The van der Waals surface area contributed by atoms with Crippen molar-refractivity contribution in [2.24, 2.45) is 0 Å². The van der Waals surface area contributed by atoms with Crippen molar-refractivity contribution in [3.63, 3.8) is 0 Å². The second-order valence-corrected chi connectivity index (χ2v) is 7.06. The fraction of sp³-hybridized carbons (Fsp3) is 0.421. The van der Waals surface area contributed by atoms with Gasteiger partial charge in [-0.15, -0.1) is 0 Å². The lowest BCUT2D eigenvalue weighted by atomic mass is 9.75. The Hall–Kier alpha value is -2.71. The molecular formula is C19H21F4N3O2. The van der Waals surface area contributed by atoms with E-state index in [1.807, 2.05) is 0 Å². The number of hydrogen-bond donors (Lipinski definition) is 1. The number of ketones is 1. The fourth-order valence-electron chi connectivity index (χ4n) is 2.84. The van der Waals surface area contributed by atoms with Gasteiger partial charge in [-0.1, -0.05) is 19.9 Å². The maximum Gasteiger partial charge on any atom is 0.416 e. The summed E-state index contributed by atoms with van der Waals surface area (Å²) in [7, 11) is 3.28. The maximum atomic E-state index is 14.5. The van der Waals surface area contributed by atoms with Gasteiger partial charge in [-0.25, -0.2) is 9.37 Å². The predicted octanol–water partition coefficient (Wildman–Crippen LogP) is 3.93. The molecule has 5 nitrogen and oxygen atoms in total. The standard InChI is InChI=1S/C19H21F4N3O2/c1-5-18(2,12-7-6-11(8-13(12)20)19(21,22)23)10-15(27)14-9-16(28)25-17(24-14)26(3)4/h6-9H,5,10H2,1-4H3,(H,24,25,28). The number of carbonyl (C=O) groups excluding carboxylic acids is 1. The third kappa shape index (κ3) is 4.58. The molecule has 0 spiro atoms. The Labute approximate surface area is 159 Å². The Morgan fingerprint density at radius 3 is 2.36 bits per heavy atom. The van der Waals surface area contributed by atoms with Crippen LogP contribution in [0.2, 0.25) is 0 Å². The topological polar surface area (TPSA) is 66.1 Å². The van der Waals surface area contributed by atoms with Crippen LogP contribution in [0.25, 0.3) is 0 Å². The second kappa shape index (κ2) is 7.73. The molecule has 9 heteroatoms. The molecule has 0 amide bonds. The molecule has 1 heterocycles. The summed E-state index contributed by atoms with van der Waals surface area (Å²) in [4.78, 5) is 32.6. The highest BCUT2D eigenvalue weighted by molar-refractivity contribution is 5.95. The van der Waals surface area contributed by atoms with E-state index in [0.29, 0.717) is 12.5 Å². The molecule has 0 aliphatic carbocycles. The number of hydrogen-bond acceptors (Lipinski definition) is 4. The Bertz CT molecular complexity index is 938. The van der Waals surface area contributed by atoms with Crippen LogP contribution in [0.1, 0.15) is 48.3 Å². The molecule has 0 aliphatic heterocycles.